The van der Waals surface area contributed by atoms with Crippen molar-refractivity contribution in [2.75, 3.05) is 75.4 Å². The number of anilines is 2. The van der Waals surface area contributed by atoms with Gasteiger partial charge in [-0.1, -0.05) is 74.3 Å². The first-order valence-corrected chi connectivity index (χ1v) is 30.9. The molecule has 4 aliphatic rings. The molecule has 0 unspecified atom stereocenters. The van der Waals surface area contributed by atoms with Crippen molar-refractivity contribution in [3.05, 3.63) is 169 Å². The summed E-state index contributed by atoms with van der Waals surface area (Å²) in [7, 11) is -7.47. The molecule has 6 aromatic rings. The van der Waals surface area contributed by atoms with Gasteiger partial charge in [0.05, 0.1) is 62.8 Å². The fourth-order valence-electron chi connectivity index (χ4n) is 9.35. The number of aromatic nitrogens is 4. The van der Waals surface area contributed by atoms with Crippen LogP contribution in [-0.2, 0) is 38.0 Å². The first-order chi connectivity index (χ1) is 38.4. The molecule has 4 fully saturated rings. The molecule has 81 heavy (non-hydrogen) atoms. The molecule has 2 saturated carbocycles. The summed E-state index contributed by atoms with van der Waals surface area (Å²) in [4.78, 5) is 52.6. The molecule has 22 nitrogen and oxygen atoms in total. The van der Waals surface area contributed by atoms with Crippen LogP contribution in [0.4, 0.5) is 22.7 Å². The molecule has 2 saturated heterocycles. The Morgan fingerprint density at radius 2 is 1.01 bits per heavy atom. The topological polar surface area (TPSA) is 256 Å². The van der Waals surface area contributed by atoms with E-state index in [9.17, 15) is 46.7 Å². The zero-order chi connectivity index (χ0) is 58.0. The van der Waals surface area contributed by atoms with Crippen LogP contribution in [0.1, 0.15) is 63.1 Å². The lowest BCUT2D eigenvalue weighted by Crippen LogP contribution is -2.49. The summed E-state index contributed by atoms with van der Waals surface area (Å²) in [5.74, 6) is -0.345. The van der Waals surface area contributed by atoms with Crippen molar-refractivity contribution in [3.8, 4) is 22.9 Å². The standard InChI is InChI=1S/C28H32ClN5O6S.C26H27BrClN5O6S/c1-3-21-8-7-20(15-24(21)34(36)37)18-41(38,39)32-13-11-31(12-14-32)25-17-30-33(23-6-4-5-22(29)16-23)27(35)26(25)40-19-28(2)9-10-28;1-26(7-8-26)17-39-24-23(15-29-32(25(24)34)20-4-2-3-19(28)14-20)30-9-11-31(12-10-30)40(37,38)16-18-5-6-21(27)22(13-18)33(35)36/h4-8,15-17H,3,9-14,18-19H2,1-2H3;2-6,13-15H,7-12,16-17H2,1H3. The Morgan fingerprint density at radius 3 is 1.40 bits per heavy atom. The quantitative estimate of drug-likeness (QED) is 0.0543. The van der Waals surface area contributed by atoms with Gasteiger partial charge in [-0.3, -0.25) is 29.8 Å². The number of halogens is 3. The van der Waals surface area contributed by atoms with Gasteiger partial charge in [-0.2, -0.15) is 28.2 Å². The van der Waals surface area contributed by atoms with Crippen LogP contribution in [0.15, 0.2) is 111 Å². The normalized spacial score (nSPS) is 17.0. The van der Waals surface area contributed by atoms with Crippen LogP contribution in [0.5, 0.6) is 11.5 Å². The molecule has 4 aromatic carbocycles. The largest absolute Gasteiger partial charge is 0.486 e. The number of ether oxygens (including phenoxy) is 2. The maximum atomic E-state index is 13.6. The fourth-order valence-corrected chi connectivity index (χ4v) is 13.1. The van der Waals surface area contributed by atoms with Crippen molar-refractivity contribution in [1.29, 1.82) is 0 Å². The van der Waals surface area contributed by atoms with Crippen molar-refractivity contribution in [2.45, 2.75) is 64.4 Å². The predicted molar refractivity (Wildman–Crippen MR) is 311 cm³/mol. The van der Waals surface area contributed by atoms with Gasteiger partial charge in [0.1, 0.15) is 11.4 Å². The van der Waals surface area contributed by atoms with Crippen LogP contribution in [0.3, 0.4) is 0 Å². The van der Waals surface area contributed by atoms with Crippen LogP contribution in [0, 0.1) is 31.1 Å². The van der Waals surface area contributed by atoms with Gasteiger partial charge in [0.2, 0.25) is 31.5 Å². The molecule has 0 spiro atoms. The molecule has 4 heterocycles. The van der Waals surface area contributed by atoms with E-state index in [4.69, 9.17) is 32.7 Å². The number of benzene rings is 4. The number of rotatable bonds is 19. The summed E-state index contributed by atoms with van der Waals surface area (Å²) < 4.78 is 70.6. The summed E-state index contributed by atoms with van der Waals surface area (Å²) in [6, 6.07) is 22.5. The van der Waals surface area contributed by atoms with E-state index in [1.54, 1.807) is 79.1 Å². The van der Waals surface area contributed by atoms with Crippen LogP contribution in [0.25, 0.3) is 11.4 Å². The van der Waals surface area contributed by atoms with Crippen molar-refractivity contribution in [3.63, 3.8) is 0 Å². The number of nitro benzene ring substituents is 2. The third-order valence-electron chi connectivity index (χ3n) is 14.9. The van der Waals surface area contributed by atoms with E-state index in [2.05, 4.69) is 40.0 Å². The molecule has 0 N–H and O–H groups in total. The second kappa shape index (κ2) is 24.2. The molecule has 2 aliphatic carbocycles. The number of sulfonamides is 2. The molecule has 27 heteroatoms. The third-order valence-corrected chi connectivity index (χ3v) is 19.7. The summed E-state index contributed by atoms with van der Waals surface area (Å²) in [6.07, 6.45) is 7.72. The molecular weight excluding hydrogens is 1200 g/mol. The number of hydrogen-bond donors (Lipinski definition) is 0. The van der Waals surface area contributed by atoms with Gasteiger partial charge < -0.3 is 19.3 Å². The summed E-state index contributed by atoms with van der Waals surface area (Å²) >= 11 is 15.4. The second-order valence-electron chi connectivity index (χ2n) is 21.2. The van der Waals surface area contributed by atoms with Gasteiger partial charge in [0.25, 0.3) is 11.4 Å². The van der Waals surface area contributed by atoms with Crippen molar-refractivity contribution in [2.24, 2.45) is 10.8 Å². The molecule has 0 atom stereocenters. The molecule has 0 amide bonds. The first kappa shape index (κ1) is 59.2. The minimum Gasteiger partial charge on any atom is -0.486 e. The van der Waals surface area contributed by atoms with Gasteiger partial charge in [0, 0.05) is 90.9 Å². The van der Waals surface area contributed by atoms with E-state index in [0.717, 1.165) is 25.7 Å². The molecule has 430 valence electrons. The van der Waals surface area contributed by atoms with Gasteiger partial charge in [-0.25, -0.2) is 16.8 Å². The summed E-state index contributed by atoms with van der Waals surface area (Å²) in [5, 5.41) is 32.4. The van der Waals surface area contributed by atoms with Crippen molar-refractivity contribution in [1.82, 2.24) is 28.2 Å². The average Bonchev–Trinajstić information content (AvgIpc) is 4.50. The van der Waals surface area contributed by atoms with Gasteiger partial charge in [-0.15, -0.1) is 0 Å². The Hall–Kier alpha value is -6.48. The van der Waals surface area contributed by atoms with Crippen molar-refractivity contribution >= 4 is 81.9 Å². The molecule has 2 aliphatic heterocycles. The van der Waals surface area contributed by atoms with E-state index in [1.165, 1.54) is 36.2 Å². The van der Waals surface area contributed by atoms with E-state index in [1.807, 2.05) is 16.7 Å². The second-order valence-corrected chi connectivity index (χ2v) is 26.9. The first-order valence-electron chi connectivity index (χ1n) is 26.1. The summed E-state index contributed by atoms with van der Waals surface area (Å²) in [5.41, 5.74) is 2.27. The Labute approximate surface area is 486 Å². The highest BCUT2D eigenvalue weighted by molar-refractivity contribution is 9.10. The minimum atomic E-state index is -3.74. The Kier molecular flexibility index (Phi) is 17.6. The minimum absolute atomic E-state index is 0.0305. The monoisotopic (exact) mass is 1250 g/mol. The van der Waals surface area contributed by atoms with E-state index < -0.39 is 41.0 Å². The lowest BCUT2D eigenvalue weighted by atomic mass is 10.1. The highest BCUT2D eigenvalue weighted by atomic mass is 79.9. The maximum Gasteiger partial charge on any atom is 0.316 e. The zero-order valence-electron chi connectivity index (χ0n) is 44.6. The van der Waals surface area contributed by atoms with Gasteiger partial charge in [-0.05, 0) is 102 Å². The highest BCUT2D eigenvalue weighted by Crippen LogP contribution is 2.46. The lowest BCUT2D eigenvalue weighted by Gasteiger charge is -2.35. The lowest BCUT2D eigenvalue weighted by molar-refractivity contribution is -0.385. The molecule has 0 radical (unpaired) electrons. The van der Waals surface area contributed by atoms with Crippen LogP contribution in [0.2, 0.25) is 10.0 Å². The smallest absolute Gasteiger partial charge is 0.316 e. The number of piperazine rings is 2. The SMILES string of the molecule is CC1(COc2c(N3CCN(S(=O)(=O)Cc4ccc(Br)c([N+](=O)[O-])c4)CC3)cnn(-c3cccc(Cl)c3)c2=O)CC1.CCc1ccc(CS(=O)(=O)N2CCN(c3cnn(-c4cccc(Cl)c4)c(=O)c3OCC3(C)CC3)CC2)cc1[N+](=O)[O-]. The molecule has 2 aromatic heterocycles. The highest BCUT2D eigenvalue weighted by Gasteiger charge is 2.40. The molecule has 10 rings (SSSR count). The number of nitro groups is 2. The Morgan fingerprint density at radius 1 is 0.605 bits per heavy atom. The number of hydrogen-bond acceptors (Lipinski definition) is 16. The number of aryl methyl sites for hydroxylation is 1. The zero-order valence-corrected chi connectivity index (χ0v) is 49.3. The summed E-state index contributed by atoms with van der Waals surface area (Å²) in [6.45, 7) is 8.82. The van der Waals surface area contributed by atoms with Gasteiger partial charge in [0.15, 0.2) is 0 Å². The van der Waals surface area contributed by atoms with Crippen LogP contribution < -0.4 is 30.4 Å². The Bertz CT molecular complexity index is 3740. The molecular formula is C54H59BrCl2N10O12S2. The van der Waals surface area contributed by atoms with Gasteiger partial charge >= 0.3 is 11.1 Å². The van der Waals surface area contributed by atoms with Crippen LogP contribution >= 0.6 is 39.1 Å². The maximum absolute atomic E-state index is 13.6. The van der Waals surface area contributed by atoms with Crippen LogP contribution in [-0.4, -0.2) is 120 Å². The third kappa shape index (κ3) is 14.1. The van der Waals surface area contributed by atoms with E-state index >= 15 is 0 Å². The van der Waals surface area contributed by atoms with E-state index in [0.29, 0.717) is 95.3 Å². The Balaban J connectivity index is 0.000000196. The van der Waals surface area contributed by atoms with Crippen molar-refractivity contribution < 1.29 is 36.2 Å². The molecule has 0 bridgehead atoms. The number of nitrogens with zero attached hydrogens (tertiary/aromatic N) is 10. The predicted octanol–water partition coefficient (Wildman–Crippen LogP) is 8.57. The fraction of sp³-hybridized carbons (Fsp3) is 0.407. The van der Waals surface area contributed by atoms with E-state index in [-0.39, 0.29) is 75.9 Å². The average molecular weight is 1260 g/mol.